The molecule has 1 N–H and O–H groups in total. The van der Waals surface area contributed by atoms with Gasteiger partial charge in [0, 0.05) is 29.7 Å². The quantitative estimate of drug-likeness (QED) is 0.859. The van der Waals surface area contributed by atoms with Crippen molar-refractivity contribution in [3.63, 3.8) is 0 Å². The molecular formula is C15H16ClFN2. The van der Waals surface area contributed by atoms with Crippen LogP contribution in [0.15, 0.2) is 18.2 Å². The fraction of sp³-hybridized carbons (Fsp3) is 0.400. The zero-order chi connectivity index (χ0) is 13.4. The van der Waals surface area contributed by atoms with E-state index in [1.54, 1.807) is 0 Å². The summed E-state index contributed by atoms with van der Waals surface area (Å²) in [5, 5.41) is 4.25. The molecule has 0 saturated heterocycles. The third kappa shape index (κ3) is 2.27. The van der Waals surface area contributed by atoms with Gasteiger partial charge in [-0.25, -0.2) is 4.39 Å². The minimum Gasteiger partial charge on any atom is -0.388 e. The van der Waals surface area contributed by atoms with Gasteiger partial charge in [0.2, 0.25) is 0 Å². The molecule has 1 aliphatic rings. The summed E-state index contributed by atoms with van der Waals surface area (Å²) in [6, 6.07) is 4.85. The summed E-state index contributed by atoms with van der Waals surface area (Å²) in [6.07, 6.45) is 4.88. The Hall–Kier alpha value is -1.35. The van der Waals surface area contributed by atoms with Crippen molar-refractivity contribution < 1.29 is 4.39 Å². The number of pyridine rings is 1. The predicted octanol–water partition coefficient (Wildman–Crippen LogP) is 4.73. The van der Waals surface area contributed by atoms with Gasteiger partial charge in [0.05, 0.1) is 10.5 Å². The van der Waals surface area contributed by atoms with Crippen LogP contribution in [0, 0.1) is 5.82 Å². The van der Waals surface area contributed by atoms with Gasteiger partial charge in [0.25, 0.3) is 0 Å². The lowest BCUT2D eigenvalue weighted by atomic mass is 10.0. The van der Waals surface area contributed by atoms with Crippen molar-refractivity contribution in [1.29, 1.82) is 0 Å². The maximum absolute atomic E-state index is 13.5. The first-order valence-corrected chi connectivity index (χ1v) is 7.04. The fourth-order valence-electron chi connectivity index (χ4n) is 2.91. The molecule has 0 amide bonds. The van der Waals surface area contributed by atoms with Crippen LogP contribution in [-0.4, -0.2) is 12.0 Å². The average Bonchev–Trinajstić information content (AvgIpc) is 2.91. The Bertz CT molecular complexity index is 621. The van der Waals surface area contributed by atoms with Crippen LogP contribution < -0.4 is 5.32 Å². The molecule has 1 aromatic heterocycles. The molecule has 1 heterocycles. The fourth-order valence-corrected chi connectivity index (χ4v) is 3.16. The van der Waals surface area contributed by atoms with Crippen molar-refractivity contribution in [3.8, 4) is 0 Å². The van der Waals surface area contributed by atoms with Crippen molar-refractivity contribution in [3.05, 3.63) is 34.7 Å². The second kappa shape index (κ2) is 4.97. The molecule has 1 aliphatic carbocycles. The summed E-state index contributed by atoms with van der Waals surface area (Å²) in [4.78, 5) is 4.67. The summed E-state index contributed by atoms with van der Waals surface area (Å²) in [6.45, 7) is 0. The van der Waals surface area contributed by atoms with Crippen molar-refractivity contribution in [2.75, 3.05) is 12.4 Å². The lowest BCUT2D eigenvalue weighted by Gasteiger charge is -2.14. The molecule has 3 rings (SSSR count). The third-order valence-electron chi connectivity index (χ3n) is 3.89. The molecular weight excluding hydrogens is 263 g/mol. The number of nitrogens with zero attached hydrogens (tertiary/aromatic N) is 1. The molecule has 0 spiro atoms. The molecule has 0 atom stereocenters. The molecule has 1 saturated carbocycles. The van der Waals surface area contributed by atoms with Crippen LogP contribution in [0.2, 0.25) is 5.02 Å². The van der Waals surface area contributed by atoms with E-state index in [2.05, 4.69) is 10.3 Å². The number of fused-ring (bicyclic) bond motifs is 1. The van der Waals surface area contributed by atoms with Crippen molar-refractivity contribution in [2.45, 2.75) is 31.6 Å². The second-order valence-corrected chi connectivity index (χ2v) is 5.52. The van der Waals surface area contributed by atoms with Crippen LogP contribution >= 0.6 is 11.6 Å². The second-order valence-electron chi connectivity index (χ2n) is 5.11. The zero-order valence-electron chi connectivity index (χ0n) is 10.8. The molecule has 0 bridgehead atoms. The number of nitrogens with one attached hydrogen (secondary N) is 1. The first-order valence-electron chi connectivity index (χ1n) is 6.66. The van der Waals surface area contributed by atoms with E-state index in [0.29, 0.717) is 16.5 Å². The highest BCUT2D eigenvalue weighted by Crippen LogP contribution is 2.37. The van der Waals surface area contributed by atoms with Crippen molar-refractivity contribution in [2.24, 2.45) is 0 Å². The molecule has 2 nitrogen and oxygen atoms in total. The number of halogens is 2. The Morgan fingerprint density at radius 1 is 1.26 bits per heavy atom. The highest BCUT2D eigenvalue weighted by atomic mass is 35.5. The minimum atomic E-state index is -0.329. The van der Waals surface area contributed by atoms with Crippen LogP contribution in [0.25, 0.3) is 10.9 Å². The average molecular weight is 279 g/mol. The summed E-state index contributed by atoms with van der Waals surface area (Å²) < 4.78 is 13.5. The first-order chi connectivity index (χ1) is 9.19. The van der Waals surface area contributed by atoms with Crippen LogP contribution in [0.4, 0.5) is 10.1 Å². The van der Waals surface area contributed by atoms with E-state index >= 15 is 0 Å². The molecule has 0 aliphatic heterocycles. The van der Waals surface area contributed by atoms with E-state index in [4.69, 9.17) is 11.6 Å². The van der Waals surface area contributed by atoms with Gasteiger partial charge >= 0.3 is 0 Å². The van der Waals surface area contributed by atoms with Crippen molar-refractivity contribution >= 4 is 28.2 Å². The molecule has 2 aromatic rings. The topological polar surface area (TPSA) is 24.9 Å². The van der Waals surface area contributed by atoms with Gasteiger partial charge < -0.3 is 5.32 Å². The molecule has 0 unspecified atom stereocenters. The van der Waals surface area contributed by atoms with Crippen LogP contribution in [-0.2, 0) is 0 Å². The van der Waals surface area contributed by atoms with E-state index in [-0.39, 0.29) is 5.82 Å². The number of rotatable bonds is 2. The predicted molar refractivity (Wildman–Crippen MR) is 77.5 cm³/mol. The van der Waals surface area contributed by atoms with E-state index in [1.807, 2.05) is 13.1 Å². The largest absolute Gasteiger partial charge is 0.388 e. The van der Waals surface area contributed by atoms with E-state index in [0.717, 1.165) is 16.8 Å². The molecule has 100 valence electrons. The number of anilines is 1. The first kappa shape index (κ1) is 12.7. The molecule has 1 fully saturated rings. The lowest BCUT2D eigenvalue weighted by Crippen LogP contribution is -2.01. The smallest absolute Gasteiger partial charge is 0.125 e. The Labute approximate surface area is 117 Å². The van der Waals surface area contributed by atoms with Crippen molar-refractivity contribution in [1.82, 2.24) is 4.98 Å². The van der Waals surface area contributed by atoms with Crippen LogP contribution in [0.1, 0.15) is 37.3 Å². The molecule has 0 radical (unpaired) electrons. The normalized spacial score (nSPS) is 16.2. The molecule has 19 heavy (non-hydrogen) atoms. The van der Waals surface area contributed by atoms with E-state index in [1.165, 1.54) is 37.8 Å². The Morgan fingerprint density at radius 2 is 2.00 bits per heavy atom. The van der Waals surface area contributed by atoms with Crippen LogP contribution in [0.3, 0.4) is 0 Å². The van der Waals surface area contributed by atoms with Gasteiger partial charge in [-0.05, 0) is 31.0 Å². The highest BCUT2D eigenvalue weighted by molar-refractivity contribution is 6.35. The summed E-state index contributed by atoms with van der Waals surface area (Å²) >= 11 is 6.14. The van der Waals surface area contributed by atoms with Crippen LogP contribution in [0.5, 0.6) is 0 Å². The Kier molecular flexibility index (Phi) is 3.31. The number of hydrogen-bond donors (Lipinski definition) is 1. The van der Waals surface area contributed by atoms with E-state index in [9.17, 15) is 4.39 Å². The SMILES string of the molecule is CNc1cc(C2CCCC2)nc2c(Cl)cc(F)cc12. The third-order valence-corrected chi connectivity index (χ3v) is 4.18. The number of hydrogen-bond acceptors (Lipinski definition) is 2. The maximum Gasteiger partial charge on any atom is 0.125 e. The van der Waals surface area contributed by atoms with Gasteiger partial charge in [0.15, 0.2) is 0 Å². The zero-order valence-corrected chi connectivity index (χ0v) is 11.6. The molecule has 4 heteroatoms. The minimum absolute atomic E-state index is 0.329. The van der Waals surface area contributed by atoms with Gasteiger partial charge in [0.1, 0.15) is 5.82 Å². The standard InChI is InChI=1S/C15H16ClFN2/c1-18-14-8-13(9-4-2-3-5-9)19-15-11(14)6-10(17)7-12(15)16/h6-9H,2-5H2,1H3,(H,18,19). The van der Waals surface area contributed by atoms with E-state index < -0.39 is 0 Å². The summed E-state index contributed by atoms with van der Waals surface area (Å²) in [7, 11) is 1.84. The Balaban J connectivity index is 2.21. The number of aromatic nitrogens is 1. The molecule has 1 aromatic carbocycles. The van der Waals surface area contributed by atoms with Gasteiger partial charge in [-0.3, -0.25) is 4.98 Å². The maximum atomic E-state index is 13.5. The lowest BCUT2D eigenvalue weighted by molar-refractivity contribution is 0.629. The van der Waals surface area contributed by atoms with Gasteiger partial charge in [-0.15, -0.1) is 0 Å². The Morgan fingerprint density at radius 3 is 2.68 bits per heavy atom. The number of benzene rings is 1. The monoisotopic (exact) mass is 278 g/mol. The van der Waals surface area contributed by atoms with Gasteiger partial charge in [-0.2, -0.15) is 0 Å². The highest BCUT2D eigenvalue weighted by Gasteiger charge is 2.20. The summed E-state index contributed by atoms with van der Waals surface area (Å²) in [5.74, 6) is 0.182. The summed E-state index contributed by atoms with van der Waals surface area (Å²) in [5.41, 5.74) is 2.66. The van der Waals surface area contributed by atoms with Gasteiger partial charge in [-0.1, -0.05) is 24.4 Å².